The van der Waals surface area contributed by atoms with Crippen LogP contribution in [0.4, 0.5) is 0 Å². The number of aliphatic hydroxyl groups is 1. The van der Waals surface area contributed by atoms with Crippen LogP contribution in [0.15, 0.2) is 24.3 Å². The SMILES string of the molecule is CC(C)(C)c1ccc(C(O)CNCCC(=O)O)cc1. The van der Waals surface area contributed by atoms with Gasteiger partial charge >= 0.3 is 5.97 Å². The first-order valence-corrected chi connectivity index (χ1v) is 6.51. The molecule has 0 saturated carbocycles. The monoisotopic (exact) mass is 265 g/mol. The quantitative estimate of drug-likeness (QED) is 0.689. The first kappa shape index (κ1) is 15.7. The Morgan fingerprint density at radius 1 is 1.26 bits per heavy atom. The Kier molecular flexibility index (Phi) is 5.51. The molecule has 1 aromatic rings. The number of aliphatic carboxylic acids is 1. The van der Waals surface area contributed by atoms with E-state index in [-0.39, 0.29) is 11.8 Å². The van der Waals surface area contributed by atoms with Crippen molar-refractivity contribution in [1.82, 2.24) is 5.32 Å². The smallest absolute Gasteiger partial charge is 0.304 e. The van der Waals surface area contributed by atoms with Crippen molar-refractivity contribution in [3.63, 3.8) is 0 Å². The second-order valence-corrected chi connectivity index (χ2v) is 5.74. The summed E-state index contributed by atoms with van der Waals surface area (Å²) in [7, 11) is 0. The maximum atomic E-state index is 10.3. The number of carboxylic acids is 1. The molecule has 0 aliphatic heterocycles. The summed E-state index contributed by atoms with van der Waals surface area (Å²) < 4.78 is 0. The van der Waals surface area contributed by atoms with Gasteiger partial charge in [-0.1, -0.05) is 45.0 Å². The summed E-state index contributed by atoms with van der Waals surface area (Å²) >= 11 is 0. The van der Waals surface area contributed by atoms with Gasteiger partial charge in [-0.25, -0.2) is 0 Å². The molecule has 0 aliphatic rings. The first-order valence-electron chi connectivity index (χ1n) is 6.51. The van der Waals surface area contributed by atoms with Gasteiger partial charge in [0.25, 0.3) is 0 Å². The lowest BCUT2D eigenvalue weighted by molar-refractivity contribution is -0.136. The van der Waals surface area contributed by atoms with E-state index in [4.69, 9.17) is 5.11 Å². The van der Waals surface area contributed by atoms with E-state index in [2.05, 4.69) is 26.1 Å². The summed E-state index contributed by atoms with van der Waals surface area (Å²) in [4.78, 5) is 10.3. The standard InChI is InChI=1S/C15H23NO3/c1-15(2,3)12-6-4-11(5-7-12)13(17)10-16-9-8-14(18)19/h4-7,13,16-17H,8-10H2,1-3H3,(H,18,19). The number of hydrogen-bond donors (Lipinski definition) is 3. The molecule has 0 amide bonds. The number of carbonyl (C=O) groups is 1. The molecule has 0 saturated heterocycles. The second kappa shape index (κ2) is 6.68. The van der Waals surface area contributed by atoms with Crippen LogP contribution in [0.3, 0.4) is 0 Å². The van der Waals surface area contributed by atoms with Gasteiger partial charge in [-0.3, -0.25) is 4.79 Å². The van der Waals surface area contributed by atoms with E-state index in [0.717, 1.165) is 5.56 Å². The Labute approximate surface area is 114 Å². The molecule has 19 heavy (non-hydrogen) atoms. The number of benzene rings is 1. The molecule has 1 atom stereocenters. The van der Waals surface area contributed by atoms with Gasteiger partial charge < -0.3 is 15.5 Å². The second-order valence-electron chi connectivity index (χ2n) is 5.74. The van der Waals surface area contributed by atoms with E-state index in [1.165, 1.54) is 5.56 Å². The Bertz CT molecular complexity index is 406. The summed E-state index contributed by atoms with van der Waals surface area (Å²) in [5, 5.41) is 21.4. The maximum absolute atomic E-state index is 10.3. The third-order valence-corrected chi connectivity index (χ3v) is 3.01. The van der Waals surface area contributed by atoms with Gasteiger partial charge in [0.2, 0.25) is 0 Å². The largest absolute Gasteiger partial charge is 0.481 e. The van der Waals surface area contributed by atoms with E-state index < -0.39 is 12.1 Å². The highest BCUT2D eigenvalue weighted by atomic mass is 16.4. The fourth-order valence-corrected chi connectivity index (χ4v) is 1.76. The molecular weight excluding hydrogens is 242 g/mol. The van der Waals surface area contributed by atoms with Gasteiger partial charge in [0.05, 0.1) is 12.5 Å². The van der Waals surface area contributed by atoms with Gasteiger partial charge in [0.15, 0.2) is 0 Å². The van der Waals surface area contributed by atoms with Crippen LogP contribution >= 0.6 is 0 Å². The topological polar surface area (TPSA) is 69.6 Å². The molecule has 106 valence electrons. The minimum atomic E-state index is -0.837. The molecule has 1 rings (SSSR count). The summed E-state index contributed by atoms with van der Waals surface area (Å²) in [6.45, 7) is 7.16. The number of hydrogen-bond acceptors (Lipinski definition) is 3. The zero-order valence-corrected chi connectivity index (χ0v) is 11.8. The van der Waals surface area contributed by atoms with E-state index in [1.54, 1.807) is 0 Å². The van der Waals surface area contributed by atoms with E-state index in [0.29, 0.717) is 13.1 Å². The highest BCUT2D eigenvalue weighted by Gasteiger charge is 2.14. The number of carboxylic acid groups (broad SMARTS) is 1. The third-order valence-electron chi connectivity index (χ3n) is 3.01. The van der Waals surface area contributed by atoms with Crippen LogP contribution in [0, 0.1) is 0 Å². The summed E-state index contributed by atoms with van der Waals surface area (Å²) in [6, 6.07) is 7.89. The lowest BCUT2D eigenvalue weighted by atomic mass is 9.86. The summed E-state index contributed by atoms with van der Waals surface area (Å²) in [5.74, 6) is -0.837. The third kappa shape index (κ3) is 5.41. The molecule has 4 heteroatoms. The number of nitrogens with one attached hydrogen (secondary N) is 1. The van der Waals surface area contributed by atoms with Crippen LogP contribution < -0.4 is 5.32 Å². The van der Waals surface area contributed by atoms with Crippen LogP contribution in [-0.2, 0) is 10.2 Å². The molecule has 0 fully saturated rings. The lowest BCUT2D eigenvalue weighted by Crippen LogP contribution is -2.24. The maximum Gasteiger partial charge on any atom is 0.304 e. The van der Waals surface area contributed by atoms with E-state index in [1.807, 2.05) is 24.3 Å². The summed E-state index contributed by atoms with van der Waals surface area (Å²) in [6.07, 6.45) is -0.543. The van der Waals surface area contributed by atoms with Gasteiger partial charge in [0.1, 0.15) is 0 Å². The molecule has 0 heterocycles. The van der Waals surface area contributed by atoms with Crippen molar-refractivity contribution < 1.29 is 15.0 Å². The average molecular weight is 265 g/mol. The van der Waals surface area contributed by atoms with Gasteiger partial charge in [-0.15, -0.1) is 0 Å². The molecule has 0 bridgehead atoms. The van der Waals surface area contributed by atoms with Crippen molar-refractivity contribution in [2.75, 3.05) is 13.1 Å². The van der Waals surface area contributed by atoms with Gasteiger partial charge in [-0.2, -0.15) is 0 Å². The first-order chi connectivity index (χ1) is 8.80. The Morgan fingerprint density at radius 3 is 2.32 bits per heavy atom. The molecule has 0 aromatic heterocycles. The van der Waals surface area contributed by atoms with Gasteiger partial charge in [0, 0.05) is 13.1 Å². The highest BCUT2D eigenvalue weighted by molar-refractivity contribution is 5.66. The molecular formula is C15H23NO3. The fraction of sp³-hybridized carbons (Fsp3) is 0.533. The lowest BCUT2D eigenvalue weighted by Gasteiger charge is -2.20. The number of aliphatic hydroxyl groups excluding tert-OH is 1. The molecule has 3 N–H and O–H groups in total. The Morgan fingerprint density at radius 2 is 1.84 bits per heavy atom. The predicted molar refractivity (Wildman–Crippen MR) is 75.2 cm³/mol. The van der Waals surface area contributed by atoms with Crippen molar-refractivity contribution in [1.29, 1.82) is 0 Å². The van der Waals surface area contributed by atoms with E-state index >= 15 is 0 Å². The number of rotatable bonds is 6. The minimum Gasteiger partial charge on any atom is -0.481 e. The van der Waals surface area contributed by atoms with Crippen molar-refractivity contribution in [3.8, 4) is 0 Å². The zero-order valence-electron chi connectivity index (χ0n) is 11.8. The van der Waals surface area contributed by atoms with Crippen LogP contribution in [0.25, 0.3) is 0 Å². The highest BCUT2D eigenvalue weighted by Crippen LogP contribution is 2.23. The molecule has 0 radical (unpaired) electrons. The van der Waals surface area contributed by atoms with Crippen LogP contribution in [0.2, 0.25) is 0 Å². The van der Waals surface area contributed by atoms with Crippen molar-refractivity contribution in [3.05, 3.63) is 35.4 Å². The molecule has 0 spiro atoms. The van der Waals surface area contributed by atoms with Crippen LogP contribution in [0.5, 0.6) is 0 Å². The zero-order chi connectivity index (χ0) is 14.5. The Balaban J connectivity index is 2.49. The van der Waals surface area contributed by atoms with Gasteiger partial charge in [-0.05, 0) is 16.5 Å². The predicted octanol–water partition coefficient (Wildman–Crippen LogP) is 2.08. The van der Waals surface area contributed by atoms with Crippen LogP contribution in [0.1, 0.15) is 44.4 Å². The van der Waals surface area contributed by atoms with Crippen molar-refractivity contribution in [2.24, 2.45) is 0 Å². The van der Waals surface area contributed by atoms with Crippen molar-refractivity contribution in [2.45, 2.75) is 38.7 Å². The minimum absolute atomic E-state index is 0.0652. The molecule has 0 aliphatic carbocycles. The molecule has 1 aromatic carbocycles. The normalized spacial score (nSPS) is 13.3. The average Bonchev–Trinajstić information content (AvgIpc) is 2.33. The molecule has 1 unspecified atom stereocenters. The summed E-state index contributed by atoms with van der Waals surface area (Å²) in [5.41, 5.74) is 2.17. The molecule has 4 nitrogen and oxygen atoms in total. The van der Waals surface area contributed by atoms with Crippen molar-refractivity contribution >= 4 is 5.97 Å². The van der Waals surface area contributed by atoms with Crippen LogP contribution in [-0.4, -0.2) is 29.3 Å². The fourth-order valence-electron chi connectivity index (χ4n) is 1.76. The van der Waals surface area contributed by atoms with E-state index in [9.17, 15) is 9.90 Å². The Hall–Kier alpha value is -1.39.